The van der Waals surface area contributed by atoms with Crippen molar-refractivity contribution < 1.29 is 34.4 Å². The van der Waals surface area contributed by atoms with Crippen LogP contribution in [-0.4, -0.2) is 40.3 Å². The molecule has 0 bridgehead atoms. The molecule has 0 radical (unpaired) electrons. The molecule has 164 valence electrons. The molecule has 12 heteroatoms. The Kier molecular flexibility index (Phi) is 12.0. The van der Waals surface area contributed by atoms with E-state index in [2.05, 4.69) is 0 Å². The van der Waals surface area contributed by atoms with Gasteiger partial charge in [0, 0.05) is 11.4 Å². The van der Waals surface area contributed by atoms with Gasteiger partial charge in [-0.2, -0.15) is 0 Å². The number of carbonyl (C=O) groups is 3. The number of anilines is 1. The second-order valence-electron chi connectivity index (χ2n) is 5.15. The molecule has 0 saturated carbocycles. The predicted molar refractivity (Wildman–Crippen MR) is 116 cm³/mol. The maximum absolute atomic E-state index is 10.7. The van der Waals surface area contributed by atoms with Gasteiger partial charge in [-0.1, -0.05) is 53.3 Å². The monoisotopic (exact) mass is 499 g/mol. The van der Waals surface area contributed by atoms with Crippen molar-refractivity contribution in [1.82, 2.24) is 0 Å². The van der Waals surface area contributed by atoms with E-state index < -0.39 is 17.9 Å². The van der Waals surface area contributed by atoms with E-state index in [0.717, 1.165) is 0 Å². The summed E-state index contributed by atoms with van der Waals surface area (Å²) in [5, 5.41) is 25.7. The zero-order valence-electron chi connectivity index (χ0n) is 15.6. The largest absolute Gasteiger partial charge is 0.494 e. The predicted octanol–water partition coefficient (Wildman–Crippen LogP) is 5.46. The van der Waals surface area contributed by atoms with Gasteiger partial charge in [0.25, 0.3) is 0 Å². The molecule has 0 aliphatic carbocycles. The van der Waals surface area contributed by atoms with E-state index in [1.165, 1.54) is 31.4 Å². The Balaban J connectivity index is 0.000000461. The molecule has 2 rings (SSSR count). The van der Waals surface area contributed by atoms with Crippen LogP contribution in [0.1, 0.15) is 34.1 Å². The van der Waals surface area contributed by atoms with Gasteiger partial charge in [-0.05, 0) is 24.3 Å². The Morgan fingerprint density at radius 1 is 0.967 bits per heavy atom. The third-order valence-corrected chi connectivity index (χ3v) is 4.33. The average molecular weight is 501 g/mol. The maximum atomic E-state index is 10.7. The number of benzene rings is 2. The number of rotatable bonds is 4. The van der Waals surface area contributed by atoms with Crippen molar-refractivity contribution >= 4 is 70.0 Å². The second-order valence-corrected chi connectivity index (χ2v) is 6.78. The maximum Gasteiger partial charge on any atom is 0.341 e. The second kappa shape index (κ2) is 13.0. The molecule has 2 aromatic rings. The van der Waals surface area contributed by atoms with E-state index in [-0.39, 0.29) is 49.1 Å². The van der Waals surface area contributed by atoms with Gasteiger partial charge >= 0.3 is 17.9 Å². The molecule has 8 nitrogen and oxygen atoms in total. The van der Waals surface area contributed by atoms with Crippen LogP contribution in [-0.2, 0) is 4.79 Å². The van der Waals surface area contributed by atoms with Crippen molar-refractivity contribution in [2.24, 2.45) is 0 Å². The van der Waals surface area contributed by atoms with Gasteiger partial charge in [0.15, 0.2) is 5.75 Å². The third-order valence-electron chi connectivity index (χ3n) is 3.08. The van der Waals surface area contributed by atoms with E-state index in [1.54, 1.807) is 6.92 Å². The van der Waals surface area contributed by atoms with Gasteiger partial charge in [-0.3, -0.25) is 4.79 Å². The summed E-state index contributed by atoms with van der Waals surface area (Å²) in [6.07, 6.45) is 0.222. The Morgan fingerprint density at radius 2 is 1.47 bits per heavy atom. The minimum atomic E-state index is -1.16. The van der Waals surface area contributed by atoms with Crippen molar-refractivity contribution in [3.8, 4) is 5.75 Å². The van der Waals surface area contributed by atoms with Crippen molar-refractivity contribution in [3.05, 3.63) is 55.5 Å². The van der Waals surface area contributed by atoms with Crippen molar-refractivity contribution in [2.45, 2.75) is 13.3 Å². The van der Waals surface area contributed by atoms with E-state index in [1.807, 2.05) is 0 Å². The fourth-order valence-electron chi connectivity index (χ4n) is 1.70. The molecule has 0 aliphatic rings. The SMILES string of the molecule is CCC(=O)O.COc1c(Cl)ccc(Cl)c1C(=O)O.Nc1cc(Cl)cc(C(=O)O)c1Cl. The van der Waals surface area contributed by atoms with Gasteiger partial charge in [0.05, 0.1) is 33.4 Å². The summed E-state index contributed by atoms with van der Waals surface area (Å²) in [7, 11) is 1.34. The van der Waals surface area contributed by atoms with Crippen LogP contribution in [0, 0.1) is 0 Å². The van der Waals surface area contributed by atoms with Crippen LogP contribution in [0.3, 0.4) is 0 Å². The van der Waals surface area contributed by atoms with Crippen LogP contribution in [0.2, 0.25) is 20.1 Å². The first-order valence-electron chi connectivity index (χ1n) is 7.82. The van der Waals surface area contributed by atoms with E-state index >= 15 is 0 Å². The Bertz CT molecular complexity index is 935. The molecule has 0 fully saturated rings. The quantitative estimate of drug-likeness (QED) is 0.404. The van der Waals surface area contributed by atoms with Gasteiger partial charge in [-0.25, -0.2) is 9.59 Å². The Hall–Kier alpha value is -2.39. The molecule has 0 saturated heterocycles. The number of hydrogen-bond donors (Lipinski definition) is 4. The summed E-state index contributed by atoms with van der Waals surface area (Å²) in [6, 6.07) is 5.55. The smallest absolute Gasteiger partial charge is 0.341 e. The first-order valence-corrected chi connectivity index (χ1v) is 9.33. The summed E-state index contributed by atoms with van der Waals surface area (Å²) >= 11 is 22.5. The Labute approximate surface area is 191 Å². The number of carboxylic acids is 3. The lowest BCUT2D eigenvalue weighted by Crippen LogP contribution is -2.01. The first-order chi connectivity index (χ1) is 13.9. The third kappa shape index (κ3) is 8.54. The normalized spacial score (nSPS) is 9.40. The van der Waals surface area contributed by atoms with E-state index in [9.17, 15) is 14.4 Å². The van der Waals surface area contributed by atoms with Crippen LogP contribution in [0.5, 0.6) is 5.75 Å². The lowest BCUT2D eigenvalue weighted by molar-refractivity contribution is -0.136. The Morgan fingerprint density at radius 3 is 1.83 bits per heavy atom. The molecule has 0 aromatic heterocycles. The standard InChI is InChI=1S/C8H6Cl2O3.C7H5Cl2NO2.C3H6O2/c1-13-7-5(10)3-2-4(9)6(7)8(11)12;8-3-1-4(7(11)12)6(9)5(10)2-3;1-2-3(4)5/h2-3H,1H3,(H,11,12);1-2H,10H2,(H,11,12);2H2,1H3,(H,4,5). The summed E-state index contributed by atoms with van der Waals surface area (Å²) in [5.74, 6) is -2.97. The van der Waals surface area contributed by atoms with Gasteiger partial charge in [0.2, 0.25) is 0 Å². The molecular weight excluding hydrogens is 484 g/mol. The van der Waals surface area contributed by atoms with Gasteiger partial charge in [-0.15, -0.1) is 0 Å². The number of carboxylic acid groups (broad SMARTS) is 3. The summed E-state index contributed by atoms with van der Waals surface area (Å²) in [5.41, 5.74) is 5.35. The summed E-state index contributed by atoms with van der Waals surface area (Å²) in [6.45, 7) is 1.60. The molecular formula is C18H17Cl4NO7. The minimum absolute atomic E-state index is 0.0203. The highest BCUT2D eigenvalue weighted by Gasteiger charge is 2.18. The molecule has 0 amide bonds. The van der Waals surface area contributed by atoms with Crippen molar-refractivity contribution in [3.63, 3.8) is 0 Å². The zero-order valence-corrected chi connectivity index (χ0v) is 18.6. The minimum Gasteiger partial charge on any atom is -0.494 e. The van der Waals surface area contributed by atoms with Crippen molar-refractivity contribution in [2.75, 3.05) is 12.8 Å². The summed E-state index contributed by atoms with van der Waals surface area (Å²) in [4.78, 5) is 30.6. The number of nitrogen functional groups attached to an aromatic ring is 1. The van der Waals surface area contributed by atoms with Gasteiger partial charge in [0.1, 0.15) is 5.56 Å². The highest BCUT2D eigenvalue weighted by Crippen LogP contribution is 2.33. The molecule has 0 spiro atoms. The van der Waals surface area contributed by atoms with E-state index in [0.29, 0.717) is 0 Å². The topological polar surface area (TPSA) is 147 Å². The number of halogens is 4. The highest BCUT2D eigenvalue weighted by molar-refractivity contribution is 6.38. The number of nitrogens with two attached hydrogens (primary N) is 1. The fraction of sp³-hybridized carbons (Fsp3) is 0.167. The summed E-state index contributed by atoms with van der Waals surface area (Å²) < 4.78 is 4.82. The van der Waals surface area contributed by atoms with E-state index in [4.69, 9.17) is 72.2 Å². The van der Waals surface area contributed by atoms with Crippen molar-refractivity contribution in [1.29, 1.82) is 0 Å². The average Bonchev–Trinajstić information content (AvgIpc) is 2.66. The molecule has 0 aliphatic heterocycles. The van der Waals surface area contributed by atoms with Gasteiger partial charge < -0.3 is 25.8 Å². The highest BCUT2D eigenvalue weighted by atomic mass is 35.5. The molecule has 0 heterocycles. The molecule has 30 heavy (non-hydrogen) atoms. The molecule has 0 unspecified atom stereocenters. The molecule has 5 N–H and O–H groups in total. The number of hydrogen-bond acceptors (Lipinski definition) is 5. The first kappa shape index (κ1) is 27.6. The lowest BCUT2D eigenvalue weighted by atomic mass is 10.2. The van der Waals surface area contributed by atoms with Crippen LogP contribution >= 0.6 is 46.4 Å². The number of ether oxygens (including phenoxy) is 1. The number of methoxy groups -OCH3 is 1. The van der Waals surface area contributed by atoms with Crippen LogP contribution in [0.15, 0.2) is 24.3 Å². The number of aromatic carboxylic acids is 2. The van der Waals surface area contributed by atoms with Crippen LogP contribution in [0.4, 0.5) is 5.69 Å². The molecule has 2 aromatic carbocycles. The zero-order chi connectivity index (χ0) is 23.6. The van der Waals surface area contributed by atoms with Crippen LogP contribution < -0.4 is 10.5 Å². The van der Waals surface area contributed by atoms with Crippen LogP contribution in [0.25, 0.3) is 0 Å². The number of aliphatic carboxylic acids is 1. The fourth-order valence-corrected chi connectivity index (χ4v) is 2.58. The molecule has 0 atom stereocenters. The lowest BCUT2D eigenvalue weighted by Gasteiger charge is -2.07.